The molecule has 25 heavy (non-hydrogen) atoms. The van der Waals surface area contributed by atoms with Gasteiger partial charge in [0.15, 0.2) is 11.9 Å². The van der Waals surface area contributed by atoms with Gasteiger partial charge in [-0.05, 0) is 43.3 Å². The van der Waals surface area contributed by atoms with Crippen molar-refractivity contribution in [2.75, 3.05) is 11.9 Å². The fourth-order valence-corrected chi connectivity index (χ4v) is 1.86. The normalized spacial score (nSPS) is 11.4. The van der Waals surface area contributed by atoms with Gasteiger partial charge in [-0.1, -0.05) is 0 Å². The number of hydrogen-bond donors (Lipinski definition) is 2. The lowest BCUT2D eigenvalue weighted by molar-refractivity contribution is -0.153. The van der Waals surface area contributed by atoms with Crippen molar-refractivity contribution in [1.29, 1.82) is 0 Å². The first-order valence-electron chi connectivity index (χ1n) is 7.53. The minimum Gasteiger partial charge on any atom is -0.459 e. The molecule has 0 saturated carbocycles. The lowest BCUT2D eigenvalue weighted by atomic mass is 10.3. The summed E-state index contributed by atoms with van der Waals surface area (Å²) in [5, 5.41) is 5.00. The molecule has 0 aliphatic carbocycles. The number of benzene rings is 1. The van der Waals surface area contributed by atoms with Crippen LogP contribution >= 0.6 is 0 Å². The summed E-state index contributed by atoms with van der Waals surface area (Å²) in [5.74, 6) is -1.91. The summed E-state index contributed by atoms with van der Waals surface area (Å²) in [6.07, 6.45) is 0.240. The van der Waals surface area contributed by atoms with Crippen LogP contribution in [0.5, 0.6) is 0 Å². The van der Waals surface area contributed by atoms with Gasteiger partial charge in [0.1, 0.15) is 5.82 Å². The topological polar surface area (TPSA) is 97.6 Å². The molecule has 132 valence electrons. The number of rotatable bonds is 7. The third-order valence-electron chi connectivity index (χ3n) is 3.15. The highest BCUT2D eigenvalue weighted by molar-refractivity contribution is 5.95. The van der Waals surface area contributed by atoms with Gasteiger partial charge < -0.3 is 19.8 Å². The van der Waals surface area contributed by atoms with Crippen LogP contribution < -0.4 is 10.6 Å². The fourth-order valence-electron chi connectivity index (χ4n) is 1.86. The Labute approximate surface area is 143 Å². The second-order valence-corrected chi connectivity index (χ2v) is 5.11. The molecule has 0 radical (unpaired) electrons. The summed E-state index contributed by atoms with van der Waals surface area (Å²) in [7, 11) is 0. The quantitative estimate of drug-likeness (QED) is 0.747. The lowest BCUT2D eigenvalue weighted by Crippen LogP contribution is -2.32. The average molecular weight is 348 g/mol. The van der Waals surface area contributed by atoms with E-state index in [1.165, 1.54) is 43.5 Å². The molecule has 0 aliphatic rings. The molecule has 1 atom stereocenters. The number of carbonyl (C=O) groups excluding carboxylic acids is 3. The first-order valence-corrected chi connectivity index (χ1v) is 7.53. The van der Waals surface area contributed by atoms with E-state index in [2.05, 4.69) is 10.6 Å². The maximum absolute atomic E-state index is 12.8. The largest absolute Gasteiger partial charge is 0.459 e. The van der Waals surface area contributed by atoms with Crippen LogP contribution in [0.4, 0.5) is 10.1 Å². The van der Waals surface area contributed by atoms with Crippen molar-refractivity contribution in [2.24, 2.45) is 0 Å². The van der Waals surface area contributed by atoms with E-state index in [-0.39, 0.29) is 18.7 Å². The molecule has 0 saturated heterocycles. The molecular weight excluding hydrogens is 331 g/mol. The SMILES string of the molecule is C[C@@H](OC(=O)CCNC(=O)c1ccco1)C(=O)Nc1ccc(F)cc1. The van der Waals surface area contributed by atoms with E-state index in [4.69, 9.17) is 9.15 Å². The third-order valence-corrected chi connectivity index (χ3v) is 3.15. The Bertz CT molecular complexity index is 728. The minimum absolute atomic E-state index is 0.0463. The van der Waals surface area contributed by atoms with Gasteiger partial charge in [-0.3, -0.25) is 14.4 Å². The summed E-state index contributed by atoms with van der Waals surface area (Å²) in [6.45, 7) is 1.46. The monoisotopic (exact) mass is 348 g/mol. The van der Waals surface area contributed by atoms with Gasteiger partial charge in [0.2, 0.25) is 0 Å². The van der Waals surface area contributed by atoms with Crippen LogP contribution in [0.25, 0.3) is 0 Å². The number of amides is 2. The van der Waals surface area contributed by atoms with Crippen molar-refractivity contribution in [3.05, 3.63) is 54.2 Å². The number of hydrogen-bond acceptors (Lipinski definition) is 5. The van der Waals surface area contributed by atoms with Gasteiger partial charge in [-0.25, -0.2) is 4.39 Å². The molecule has 2 amide bonds. The van der Waals surface area contributed by atoms with Crippen LogP contribution in [0.1, 0.15) is 23.9 Å². The fraction of sp³-hybridized carbons (Fsp3) is 0.235. The number of carbonyl (C=O) groups is 3. The van der Waals surface area contributed by atoms with Crippen LogP contribution in [-0.4, -0.2) is 30.4 Å². The van der Waals surface area contributed by atoms with Gasteiger partial charge in [0, 0.05) is 12.2 Å². The van der Waals surface area contributed by atoms with Gasteiger partial charge >= 0.3 is 5.97 Å². The summed E-state index contributed by atoms with van der Waals surface area (Å²) in [6, 6.07) is 8.26. The Morgan fingerprint density at radius 1 is 1.20 bits per heavy atom. The van der Waals surface area contributed by atoms with E-state index in [0.717, 1.165) is 0 Å². The molecule has 2 rings (SSSR count). The van der Waals surface area contributed by atoms with E-state index >= 15 is 0 Å². The predicted octanol–water partition coefficient (Wildman–Crippen LogP) is 2.11. The molecule has 2 N–H and O–H groups in total. The third kappa shape index (κ3) is 5.76. The van der Waals surface area contributed by atoms with E-state index in [1.807, 2.05) is 0 Å². The van der Waals surface area contributed by atoms with Gasteiger partial charge in [-0.15, -0.1) is 0 Å². The molecule has 1 aromatic carbocycles. The molecule has 0 bridgehead atoms. The molecule has 2 aromatic rings. The average Bonchev–Trinajstić information content (AvgIpc) is 3.11. The molecule has 7 nitrogen and oxygen atoms in total. The number of anilines is 1. The van der Waals surface area contributed by atoms with E-state index in [1.54, 1.807) is 6.07 Å². The molecule has 0 fully saturated rings. The molecule has 0 spiro atoms. The van der Waals surface area contributed by atoms with Gasteiger partial charge in [0.05, 0.1) is 12.7 Å². The molecule has 1 aromatic heterocycles. The zero-order valence-corrected chi connectivity index (χ0v) is 13.5. The van der Waals surface area contributed by atoms with Crippen molar-refractivity contribution in [2.45, 2.75) is 19.4 Å². The summed E-state index contributed by atoms with van der Waals surface area (Å²) in [4.78, 5) is 35.2. The van der Waals surface area contributed by atoms with E-state index in [0.29, 0.717) is 5.69 Å². The molecule has 1 heterocycles. The zero-order valence-electron chi connectivity index (χ0n) is 13.5. The maximum atomic E-state index is 12.8. The number of esters is 1. The predicted molar refractivity (Wildman–Crippen MR) is 86.2 cm³/mol. The van der Waals surface area contributed by atoms with Crippen LogP contribution in [0.3, 0.4) is 0 Å². The smallest absolute Gasteiger partial charge is 0.308 e. The van der Waals surface area contributed by atoms with Gasteiger partial charge in [-0.2, -0.15) is 0 Å². The van der Waals surface area contributed by atoms with Crippen molar-refractivity contribution >= 4 is 23.5 Å². The number of ether oxygens (including phenoxy) is 1. The minimum atomic E-state index is -1.03. The van der Waals surface area contributed by atoms with Gasteiger partial charge in [0.25, 0.3) is 11.8 Å². The van der Waals surface area contributed by atoms with Crippen LogP contribution in [0, 0.1) is 5.82 Å². The highest BCUT2D eigenvalue weighted by Crippen LogP contribution is 2.09. The van der Waals surface area contributed by atoms with Crippen LogP contribution in [-0.2, 0) is 14.3 Å². The lowest BCUT2D eigenvalue weighted by Gasteiger charge is -2.13. The molecule has 0 unspecified atom stereocenters. The molecule has 0 aliphatic heterocycles. The first-order chi connectivity index (χ1) is 12.0. The van der Waals surface area contributed by atoms with Crippen molar-refractivity contribution < 1.29 is 27.9 Å². The standard InChI is InChI=1S/C17H17FN2O5/c1-11(16(22)20-13-6-4-12(18)5-7-13)25-15(21)8-9-19-17(23)14-3-2-10-24-14/h2-7,10-11H,8-9H2,1H3,(H,19,23)(H,20,22)/t11-/m1/s1. The van der Waals surface area contributed by atoms with Crippen LogP contribution in [0.15, 0.2) is 47.1 Å². The molecule has 8 heteroatoms. The van der Waals surface area contributed by atoms with Crippen molar-refractivity contribution in [3.63, 3.8) is 0 Å². The Kier molecular flexibility index (Phi) is 6.27. The summed E-state index contributed by atoms with van der Waals surface area (Å²) >= 11 is 0. The second kappa shape index (κ2) is 8.62. The Hall–Kier alpha value is -3.16. The van der Waals surface area contributed by atoms with Crippen molar-refractivity contribution in [1.82, 2.24) is 5.32 Å². The highest BCUT2D eigenvalue weighted by atomic mass is 19.1. The number of nitrogens with one attached hydrogen (secondary N) is 2. The van der Waals surface area contributed by atoms with E-state index in [9.17, 15) is 18.8 Å². The Morgan fingerprint density at radius 3 is 2.56 bits per heavy atom. The summed E-state index contributed by atoms with van der Waals surface area (Å²) < 4.78 is 22.7. The Balaban J connectivity index is 1.71. The summed E-state index contributed by atoms with van der Waals surface area (Å²) in [5.41, 5.74) is 0.389. The second-order valence-electron chi connectivity index (χ2n) is 5.11. The maximum Gasteiger partial charge on any atom is 0.308 e. The van der Waals surface area contributed by atoms with E-state index < -0.39 is 29.7 Å². The zero-order chi connectivity index (χ0) is 18.2. The Morgan fingerprint density at radius 2 is 1.92 bits per heavy atom. The highest BCUT2D eigenvalue weighted by Gasteiger charge is 2.18. The number of furan rings is 1. The number of halogens is 1. The van der Waals surface area contributed by atoms with Crippen molar-refractivity contribution in [3.8, 4) is 0 Å². The van der Waals surface area contributed by atoms with Crippen LogP contribution in [0.2, 0.25) is 0 Å². The molecular formula is C17H17FN2O5. The first kappa shape index (κ1) is 18.2.